The van der Waals surface area contributed by atoms with Gasteiger partial charge in [0.25, 0.3) is 11.8 Å². The summed E-state index contributed by atoms with van der Waals surface area (Å²) < 4.78 is 5.34. The van der Waals surface area contributed by atoms with E-state index in [1.165, 1.54) is 16.7 Å². The predicted octanol–water partition coefficient (Wildman–Crippen LogP) is 1.93. The third kappa shape index (κ3) is 5.11. The molecule has 3 rings (SSSR count). The number of ether oxygens (including phenoxy) is 1. The highest BCUT2D eigenvalue weighted by Gasteiger charge is 2.23. The van der Waals surface area contributed by atoms with E-state index in [-0.39, 0.29) is 17.5 Å². The molecule has 0 saturated carbocycles. The molecule has 3 N–H and O–H groups in total. The highest BCUT2D eigenvalue weighted by Crippen LogP contribution is 2.16. The lowest BCUT2D eigenvalue weighted by molar-refractivity contribution is -0.124. The summed E-state index contributed by atoms with van der Waals surface area (Å²) in [6, 6.07) is 6.67. The highest BCUT2D eigenvalue weighted by atomic mass is 32.1. The molecule has 1 aliphatic rings. The van der Waals surface area contributed by atoms with Gasteiger partial charge in [-0.3, -0.25) is 9.59 Å². The first kappa shape index (κ1) is 19.0. The second-order valence-corrected chi connectivity index (χ2v) is 6.95. The maximum atomic E-state index is 12.3. The first-order chi connectivity index (χ1) is 13.0. The van der Waals surface area contributed by atoms with Crippen LogP contribution in [0.2, 0.25) is 0 Å². The van der Waals surface area contributed by atoms with Crippen molar-refractivity contribution in [2.45, 2.75) is 25.4 Å². The first-order valence-electron chi connectivity index (χ1n) is 8.51. The van der Waals surface area contributed by atoms with Crippen LogP contribution in [-0.2, 0) is 16.0 Å². The minimum Gasteiger partial charge on any atom is -0.476 e. The number of aromatic carboxylic acids is 1. The van der Waals surface area contributed by atoms with Crippen LogP contribution < -0.4 is 10.6 Å². The molecule has 1 aliphatic heterocycles. The van der Waals surface area contributed by atoms with Crippen LogP contribution in [0.3, 0.4) is 0 Å². The zero-order valence-electron chi connectivity index (χ0n) is 14.4. The van der Waals surface area contributed by atoms with E-state index in [9.17, 15) is 14.4 Å². The summed E-state index contributed by atoms with van der Waals surface area (Å²) in [6.45, 7) is 0.922. The van der Waals surface area contributed by atoms with Gasteiger partial charge in [0.2, 0.25) is 0 Å². The smallest absolute Gasteiger partial charge is 0.355 e. The molecule has 1 saturated heterocycles. The summed E-state index contributed by atoms with van der Waals surface area (Å²) in [7, 11) is 0. The number of rotatable bonds is 7. The van der Waals surface area contributed by atoms with Gasteiger partial charge in [-0.1, -0.05) is 6.07 Å². The van der Waals surface area contributed by atoms with Gasteiger partial charge in [-0.25, -0.2) is 9.78 Å². The Morgan fingerprint density at radius 1 is 1.33 bits per heavy atom. The van der Waals surface area contributed by atoms with E-state index in [1.54, 1.807) is 24.3 Å². The zero-order chi connectivity index (χ0) is 19.2. The fourth-order valence-electron chi connectivity index (χ4n) is 2.65. The van der Waals surface area contributed by atoms with Crippen molar-refractivity contribution in [2.24, 2.45) is 0 Å². The van der Waals surface area contributed by atoms with E-state index < -0.39 is 12.1 Å². The van der Waals surface area contributed by atoms with Crippen LogP contribution in [-0.4, -0.2) is 47.1 Å². The molecular formula is C18H19N3O5S. The Morgan fingerprint density at radius 2 is 2.19 bits per heavy atom. The van der Waals surface area contributed by atoms with Crippen LogP contribution in [0, 0.1) is 0 Å². The van der Waals surface area contributed by atoms with Crippen molar-refractivity contribution in [1.82, 2.24) is 10.3 Å². The van der Waals surface area contributed by atoms with Crippen LogP contribution in [0.4, 0.5) is 5.69 Å². The Hall–Kier alpha value is -2.78. The topological polar surface area (TPSA) is 118 Å². The Bertz CT molecular complexity index is 845. The van der Waals surface area contributed by atoms with Crippen LogP contribution in [0.1, 0.15) is 38.7 Å². The maximum Gasteiger partial charge on any atom is 0.355 e. The molecule has 0 spiro atoms. The number of amides is 2. The molecule has 2 heterocycles. The van der Waals surface area contributed by atoms with Gasteiger partial charge in [0.1, 0.15) is 6.10 Å². The number of anilines is 1. The average molecular weight is 389 g/mol. The van der Waals surface area contributed by atoms with Gasteiger partial charge in [0.15, 0.2) is 5.69 Å². The molecule has 0 radical (unpaired) electrons. The third-order valence-corrected chi connectivity index (χ3v) is 4.92. The molecule has 2 amide bonds. The van der Waals surface area contributed by atoms with E-state index >= 15 is 0 Å². The van der Waals surface area contributed by atoms with Gasteiger partial charge in [-0.2, -0.15) is 0 Å². The van der Waals surface area contributed by atoms with Crippen molar-refractivity contribution < 1.29 is 24.2 Å². The molecule has 142 valence electrons. The summed E-state index contributed by atoms with van der Waals surface area (Å²) in [5.41, 5.74) is 0.968. The van der Waals surface area contributed by atoms with E-state index in [4.69, 9.17) is 9.84 Å². The number of nitrogens with one attached hydrogen (secondary N) is 2. The lowest BCUT2D eigenvalue weighted by atomic mass is 10.1. The standard InChI is InChI=1S/C18H19N3O5S/c22-16(19-7-6-15-21-13(10-27-15)18(24)25)11-3-1-4-12(9-11)20-17(23)14-5-2-8-26-14/h1,3-4,9-10,14H,2,5-8H2,(H,19,22)(H,20,23)(H,24,25). The fourth-order valence-corrected chi connectivity index (χ4v) is 3.43. The van der Waals surface area contributed by atoms with Crippen molar-refractivity contribution in [3.8, 4) is 0 Å². The number of carboxylic acid groups (broad SMARTS) is 1. The molecule has 8 nitrogen and oxygen atoms in total. The number of nitrogens with zero attached hydrogens (tertiary/aromatic N) is 1. The third-order valence-electron chi connectivity index (χ3n) is 4.01. The minimum absolute atomic E-state index is 0.0102. The quantitative estimate of drug-likeness (QED) is 0.666. The van der Waals surface area contributed by atoms with Gasteiger partial charge in [0.05, 0.1) is 5.01 Å². The molecule has 1 aromatic carbocycles. The number of hydrogen-bond acceptors (Lipinski definition) is 6. The fraction of sp³-hybridized carbons (Fsp3) is 0.333. The van der Waals surface area contributed by atoms with Gasteiger partial charge in [-0.15, -0.1) is 11.3 Å². The van der Waals surface area contributed by atoms with Crippen LogP contribution in [0.25, 0.3) is 0 Å². The Labute approximate surface area is 159 Å². The summed E-state index contributed by atoms with van der Waals surface area (Å²) in [5.74, 6) is -1.55. The highest BCUT2D eigenvalue weighted by molar-refractivity contribution is 7.09. The summed E-state index contributed by atoms with van der Waals surface area (Å²) in [4.78, 5) is 39.2. The molecular weight excluding hydrogens is 370 g/mol. The average Bonchev–Trinajstić information content (AvgIpc) is 3.34. The minimum atomic E-state index is -1.07. The molecule has 1 aromatic heterocycles. The second kappa shape index (κ2) is 8.74. The van der Waals surface area contributed by atoms with E-state index in [1.807, 2.05) is 0 Å². The van der Waals surface area contributed by atoms with Crippen molar-refractivity contribution >= 4 is 34.8 Å². The van der Waals surface area contributed by atoms with Gasteiger partial charge >= 0.3 is 5.97 Å². The molecule has 9 heteroatoms. The van der Waals surface area contributed by atoms with Gasteiger partial charge < -0.3 is 20.5 Å². The van der Waals surface area contributed by atoms with Crippen molar-refractivity contribution in [1.29, 1.82) is 0 Å². The lowest BCUT2D eigenvalue weighted by Crippen LogP contribution is -2.28. The number of hydrogen-bond donors (Lipinski definition) is 3. The summed E-state index contributed by atoms with van der Waals surface area (Å²) in [5, 5.41) is 16.5. The SMILES string of the molecule is O=C(NCCc1nc(C(=O)O)cs1)c1cccc(NC(=O)C2CCCO2)c1. The van der Waals surface area contributed by atoms with Crippen molar-refractivity contribution in [2.75, 3.05) is 18.5 Å². The van der Waals surface area contributed by atoms with Gasteiger partial charge in [0, 0.05) is 36.2 Å². The number of carbonyl (C=O) groups excluding carboxylic acids is 2. The van der Waals surface area contributed by atoms with E-state index in [2.05, 4.69) is 15.6 Å². The first-order valence-corrected chi connectivity index (χ1v) is 9.39. The molecule has 0 bridgehead atoms. The van der Waals surface area contributed by atoms with Crippen LogP contribution in [0.5, 0.6) is 0 Å². The molecule has 2 aromatic rings. The van der Waals surface area contributed by atoms with Crippen molar-refractivity contribution in [3.05, 3.63) is 45.9 Å². The largest absolute Gasteiger partial charge is 0.476 e. The molecule has 1 atom stereocenters. The zero-order valence-corrected chi connectivity index (χ0v) is 15.3. The van der Waals surface area contributed by atoms with E-state index in [0.717, 1.165) is 6.42 Å². The normalized spacial score (nSPS) is 16.1. The predicted molar refractivity (Wildman–Crippen MR) is 99.2 cm³/mol. The van der Waals surface area contributed by atoms with E-state index in [0.29, 0.717) is 42.3 Å². The van der Waals surface area contributed by atoms with Gasteiger partial charge in [-0.05, 0) is 31.0 Å². The summed E-state index contributed by atoms with van der Waals surface area (Å²) >= 11 is 1.24. The summed E-state index contributed by atoms with van der Waals surface area (Å²) in [6.07, 6.45) is 1.58. The number of benzene rings is 1. The Morgan fingerprint density at radius 3 is 2.89 bits per heavy atom. The lowest BCUT2D eigenvalue weighted by Gasteiger charge is -2.11. The van der Waals surface area contributed by atoms with Crippen LogP contribution >= 0.6 is 11.3 Å². The Kier molecular flexibility index (Phi) is 6.15. The molecule has 1 fully saturated rings. The van der Waals surface area contributed by atoms with Crippen LogP contribution in [0.15, 0.2) is 29.6 Å². The Balaban J connectivity index is 1.51. The maximum absolute atomic E-state index is 12.3. The van der Waals surface area contributed by atoms with Crippen molar-refractivity contribution in [3.63, 3.8) is 0 Å². The molecule has 1 unspecified atom stereocenters. The monoisotopic (exact) mass is 389 g/mol. The number of aromatic nitrogens is 1. The molecule has 0 aliphatic carbocycles. The number of thiazole rings is 1. The molecule has 27 heavy (non-hydrogen) atoms. The number of carboxylic acids is 1. The number of carbonyl (C=O) groups is 3. The second-order valence-electron chi connectivity index (χ2n) is 6.01.